The predicted octanol–water partition coefficient (Wildman–Crippen LogP) is 13.3. The van der Waals surface area contributed by atoms with Gasteiger partial charge in [-0.25, -0.2) is 0 Å². The van der Waals surface area contributed by atoms with Gasteiger partial charge in [-0.2, -0.15) is 0 Å². The van der Waals surface area contributed by atoms with E-state index in [9.17, 15) is 9.90 Å². The van der Waals surface area contributed by atoms with Crippen molar-refractivity contribution in [1.29, 1.82) is 0 Å². The summed E-state index contributed by atoms with van der Waals surface area (Å²) in [5.41, 5.74) is -0.524. The summed E-state index contributed by atoms with van der Waals surface area (Å²) in [5, 5.41) is 10.4. The zero-order valence-corrected chi connectivity index (χ0v) is 27.8. The lowest BCUT2D eigenvalue weighted by atomic mass is 9.64. The van der Waals surface area contributed by atoms with Crippen molar-refractivity contribution in [2.24, 2.45) is 17.3 Å². The number of aliphatic carboxylic acids is 1. The van der Waals surface area contributed by atoms with Crippen LogP contribution in [0.2, 0.25) is 0 Å². The second kappa shape index (κ2) is 27.6. The molecule has 0 saturated heterocycles. The Morgan fingerprint density at radius 3 is 1.10 bits per heavy atom. The molecule has 0 aliphatic rings. The van der Waals surface area contributed by atoms with Crippen LogP contribution in [-0.4, -0.2) is 11.1 Å². The monoisotopic (exact) mass is 551 g/mol. The van der Waals surface area contributed by atoms with Crippen LogP contribution < -0.4 is 0 Å². The minimum Gasteiger partial charge on any atom is -0.481 e. The minimum absolute atomic E-state index is 0.306. The summed E-state index contributed by atoms with van der Waals surface area (Å²) in [6.45, 7) is 11.2. The van der Waals surface area contributed by atoms with Crippen molar-refractivity contribution in [3.63, 3.8) is 0 Å². The Morgan fingerprint density at radius 1 is 0.513 bits per heavy atom. The lowest BCUT2D eigenvalue weighted by Gasteiger charge is -2.39. The van der Waals surface area contributed by atoms with Crippen molar-refractivity contribution in [3.8, 4) is 0 Å². The van der Waals surface area contributed by atoms with Crippen LogP contribution in [0.3, 0.4) is 0 Å². The van der Waals surface area contributed by atoms with E-state index in [2.05, 4.69) is 34.6 Å². The van der Waals surface area contributed by atoms with E-state index in [1.54, 1.807) is 0 Å². The maximum atomic E-state index is 12.7. The van der Waals surface area contributed by atoms with Crippen LogP contribution in [0.5, 0.6) is 0 Å². The van der Waals surface area contributed by atoms with E-state index in [4.69, 9.17) is 0 Å². The molecular formula is C37H74O2. The van der Waals surface area contributed by atoms with Gasteiger partial charge < -0.3 is 5.11 Å². The number of hydrogen-bond donors (Lipinski definition) is 1. The fraction of sp³-hybridized carbons (Fsp3) is 0.973. The van der Waals surface area contributed by atoms with E-state index in [0.717, 1.165) is 25.7 Å². The lowest BCUT2D eigenvalue weighted by molar-refractivity contribution is -0.155. The zero-order chi connectivity index (χ0) is 29.0. The molecule has 0 bridgehead atoms. The normalized spacial score (nSPS) is 14.1. The van der Waals surface area contributed by atoms with Crippen LogP contribution in [0.1, 0.15) is 214 Å². The molecule has 0 radical (unpaired) electrons. The van der Waals surface area contributed by atoms with Gasteiger partial charge in [0.25, 0.3) is 0 Å². The highest BCUT2D eigenvalue weighted by Gasteiger charge is 2.44. The standard InChI is InChI=1S/C37H74O2/c1-6-9-11-13-15-17-19-21-22-24-26-28-30-32-35(34(4)5)37(8-3,36(38)39)33-31-29-27-25-23-20-18-16-14-12-10-7-2/h34-35H,6-33H2,1-5H3,(H,38,39). The molecule has 0 amide bonds. The van der Waals surface area contributed by atoms with Gasteiger partial charge in [0.15, 0.2) is 0 Å². The van der Waals surface area contributed by atoms with Crippen molar-refractivity contribution in [2.45, 2.75) is 214 Å². The average molecular weight is 551 g/mol. The SMILES string of the molecule is CCCCCCCCCCCCCCCC(C(C)C)C(CC)(CCCCCCCCCCCCCC)C(=O)O. The number of carboxylic acids is 1. The van der Waals surface area contributed by atoms with E-state index in [1.165, 1.54) is 154 Å². The summed E-state index contributed by atoms with van der Waals surface area (Å²) < 4.78 is 0. The highest BCUT2D eigenvalue weighted by atomic mass is 16.4. The molecule has 2 atom stereocenters. The Labute approximate surface area is 247 Å². The van der Waals surface area contributed by atoms with E-state index < -0.39 is 11.4 Å². The van der Waals surface area contributed by atoms with Gasteiger partial charge in [0, 0.05) is 0 Å². The van der Waals surface area contributed by atoms with Crippen LogP contribution in [0.4, 0.5) is 0 Å². The first-order valence-corrected chi connectivity index (χ1v) is 18.2. The molecule has 2 heteroatoms. The van der Waals surface area contributed by atoms with Crippen molar-refractivity contribution in [2.75, 3.05) is 0 Å². The fourth-order valence-electron chi connectivity index (χ4n) is 6.95. The number of carbonyl (C=O) groups is 1. The molecule has 0 heterocycles. The molecule has 39 heavy (non-hydrogen) atoms. The zero-order valence-electron chi connectivity index (χ0n) is 27.8. The van der Waals surface area contributed by atoms with Gasteiger partial charge in [-0.1, -0.05) is 195 Å². The van der Waals surface area contributed by atoms with Crippen LogP contribution in [0.25, 0.3) is 0 Å². The van der Waals surface area contributed by atoms with E-state index in [-0.39, 0.29) is 0 Å². The van der Waals surface area contributed by atoms with Gasteiger partial charge in [0.2, 0.25) is 0 Å². The smallest absolute Gasteiger partial charge is 0.309 e. The summed E-state index contributed by atoms with van der Waals surface area (Å²) in [7, 11) is 0. The fourth-order valence-corrected chi connectivity index (χ4v) is 6.95. The number of rotatable bonds is 31. The van der Waals surface area contributed by atoms with E-state index in [0.29, 0.717) is 11.8 Å². The molecule has 0 aromatic rings. The van der Waals surface area contributed by atoms with Crippen molar-refractivity contribution < 1.29 is 9.90 Å². The first kappa shape index (κ1) is 38.5. The second-order valence-corrected chi connectivity index (χ2v) is 13.3. The molecule has 0 aliphatic heterocycles. The highest BCUT2D eigenvalue weighted by molar-refractivity contribution is 5.75. The van der Waals surface area contributed by atoms with Gasteiger partial charge in [0.1, 0.15) is 0 Å². The van der Waals surface area contributed by atoms with Crippen molar-refractivity contribution >= 4 is 5.97 Å². The van der Waals surface area contributed by atoms with Crippen LogP contribution in [0, 0.1) is 17.3 Å². The summed E-state index contributed by atoms with van der Waals surface area (Å²) >= 11 is 0. The summed E-state index contributed by atoms with van der Waals surface area (Å²) in [5.74, 6) is 0.220. The van der Waals surface area contributed by atoms with Gasteiger partial charge >= 0.3 is 5.97 Å². The summed E-state index contributed by atoms with van der Waals surface area (Å²) in [4.78, 5) is 12.7. The molecule has 234 valence electrons. The Bertz CT molecular complexity index is 514. The van der Waals surface area contributed by atoms with E-state index >= 15 is 0 Å². The lowest BCUT2D eigenvalue weighted by Crippen LogP contribution is -2.41. The molecule has 0 saturated carbocycles. The van der Waals surface area contributed by atoms with Crippen LogP contribution in [-0.2, 0) is 4.79 Å². The maximum absolute atomic E-state index is 12.7. The second-order valence-electron chi connectivity index (χ2n) is 13.3. The minimum atomic E-state index is -0.526. The molecule has 0 aromatic heterocycles. The topological polar surface area (TPSA) is 37.3 Å². The van der Waals surface area contributed by atoms with Gasteiger partial charge in [-0.3, -0.25) is 4.79 Å². The Balaban J connectivity index is 4.18. The highest BCUT2D eigenvalue weighted by Crippen LogP contribution is 2.44. The Hall–Kier alpha value is -0.530. The maximum Gasteiger partial charge on any atom is 0.309 e. The molecule has 2 unspecified atom stereocenters. The molecule has 0 aromatic carbocycles. The summed E-state index contributed by atoms with van der Waals surface area (Å²) in [6.07, 6.45) is 36.6. The first-order chi connectivity index (χ1) is 19.0. The van der Waals surface area contributed by atoms with Crippen LogP contribution in [0.15, 0.2) is 0 Å². The summed E-state index contributed by atoms with van der Waals surface area (Å²) in [6, 6.07) is 0. The average Bonchev–Trinajstić information content (AvgIpc) is 2.92. The molecule has 0 fully saturated rings. The predicted molar refractivity (Wildman–Crippen MR) is 175 cm³/mol. The van der Waals surface area contributed by atoms with Crippen molar-refractivity contribution in [1.82, 2.24) is 0 Å². The Kier molecular flexibility index (Phi) is 27.3. The van der Waals surface area contributed by atoms with Crippen molar-refractivity contribution in [3.05, 3.63) is 0 Å². The Morgan fingerprint density at radius 2 is 0.821 bits per heavy atom. The third kappa shape index (κ3) is 20.1. The molecular weight excluding hydrogens is 476 g/mol. The van der Waals surface area contributed by atoms with Gasteiger partial charge in [0.05, 0.1) is 5.41 Å². The van der Waals surface area contributed by atoms with Gasteiger partial charge in [-0.15, -0.1) is 0 Å². The molecule has 0 rings (SSSR count). The van der Waals surface area contributed by atoms with Gasteiger partial charge in [-0.05, 0) is 31.1 Å². The largest absolute Gasteiger partial charge is 0.481 e. The van der Waals surface area contributed by atoms with Crippen LogP contribution >= 0.6 is 0 Å². The van der Waals surface area contributed by atoms with E-state index in [1.807, 2.05) is 0 Å². The third-order valence-corrected chi connectivity index (χ3v) is 9.67. The first-order valence-electron chi connectivity index (χ1n) is 18.2. The quantitative estimate of drug-likeness (QED) is 0.0871. The molecule has 0 aliphatic carbocycles. The third-order valence-electron chi connectivity index (χ3n) is 9.67. The number of carboxylic acid groups (broad SMARTS) is 1. The molecule has 1 N–H and O–H groups in total. The molecule has 0 spiro atoms. The number of unbranched alkanes of at least 4 members (excludes halogenated alkanes) is 23. The molecule has 2 nitrogen and oxygen atoms in total. The number of hydrogen-bond acceptors (Lipinski definition) is 1.